The van der Waals surface area contributed by atoms with Gasteiger partial charge in [0.25, 0.3) is 0 Å². The molecular formula is C13H14O3. The molecule has 1 aliphatic carbocycles. The third-order valence-electron chi connectivity index (χ3n) is 2.81. The Kier molecular flexibility index (Phi) is 2.69. The summed E-state index contributed by atoms with van der Waals surface area (Å²) in [7, 11) is 3.05. The molecule has 0 heterocycles. The molecule has 0 aliphatic heterocycles. The number of ether oxygens (including phenoxy) is 2. The summed E-state index contributed by atoms with van der Waals surface area (Å²) in [5.74, 6) is 0.592. The topological polar surface area (TPSA) is 35.5 Å². The maximum absolute atomic E-state index is 11.4. The third kappa shape index (κ3) is 1.69. The number of aryl methyl sites for hydroxylation is 1. The minimum Gasteiger partial charge on any atom is -0.496 e. The van der Waals surface area contributed by atoms with E-state index in [2.05, 4.69) is 6.07 Å². The number of benzene rings is 1. The molecule has 16 heavy (non-hydrogen) atoms. The van der Waals surface area contributed by atoms with Crippen molar-refractivity contribution in [3.8, 4) is 5.75 Å². The Hall–Kier alpha value is -1.77. The molecule has 0 saturated carbocycles. The maximum Gasteiger partial charge on any atom is 0.334 e. The van der Waals surface area contributed by atoms with Gasteiger partial charge in [-0.15, -0.1) is 0 Å². The van der Waals surface area contributed by atoms with Gasteiger partial charge < -0.3 is 9.47 Å². The highest BCUT2D eigenvalue weighted by Gasteiger charge is 2.20. The second kappa shape index (κ2) is 4.00. The lowest BCUT2D eigenvalue weighted by molar-refractivity contribution is -0.136. The molecule has 3 nitrogen and oxygen atoms in total. The molecule has 0 bridgehead atoms. The predicted molar refractivity (Wildman–Crippen MR) is 61.4 cm³/mol. The molecule has 0 aromatic heterocycles. The van der Waals surface area contributed by atoms with E-state index in [0.29, 0.717) is 12.0 Å². The molecule has 1 aliphatic rings. The molecule has 2 rings (SSSR count). The van der Waals surface area contributed by atoms with Gasteiger partial charge in [-0.2, -0.15) is 0 Å². The Morgan fingerprint density at radius 3 is 2.69 bits per heavy atom. The molecule has 0 spiro atoms. The molecule has 0 N–H and O–H groups in total. The highest BCUT2D eigenvalue weighted by atomic mass is 16.5. The highest BCUT2D eigenvalue weighted by molar-refractivity contribution is 5.96. The van der Waals surface area contributed by atoms with Crippen LogP contribution in [0.1, 0.15) is 16.7 Å². The number of fused-ring (bicyclic) bond motifs is 1. The van der Waals surface area contributed by atoms with E-state index < -0.39 is 0 Å². The Bertz CT molecular complexity index is 472. The lowest BCUT2D eigenvalue weighted by Gasteiger charge is -2.07. The van der Waals surface area contributed by atoms with Gasteiger partial charge in [0.2, 0.25) is 0 Å². The van der Waals surface area contributed by atoms with Gasteiger partial charge in [0, 0.05) is 12.0 Å². The van der Waals surface area contributed by atoms with Gasteiger partial charge in [0.05, 0.1) is 14.2 Å². The SMILES string of the molecule is COC(=O)C1=Cc2cc(OC)c(C)cc2C1. The average Bonchev–Trinajstić information content (AvgIpc) is 2.69. The quantitative estimate of drug-likeness (QED) is 0.713. The van der Waals surface area contributed by atoms with Crippen LogP contribution in [0.2, 0.25) is 0 Å². The van der Waals surface area contributed by atoms with E-state index in [1.54, 1.807) is 7.11 Å². The Balaban J connectivity index is 2.38. The van der Waals surface area contributed by atoms with Crippen molar-refractivity contribution in [2.75, 3.05) is 14.2 Å². The minimum absolute atomic E-state index is 0.257. The molecule has 0 radical (unpaired) electrons. The molecule has 1 aromatic carbocycles. The van der Waals surface area contributed by atoms with Gasteiger partial charge in [-0.3, -0.25) is 0 Å². The second-order valence-electron chi connectivity index (χ2n) is 3.86. The van der Waals surface area contributed by atoms with E-state index in [0.717, 1.165) is 22.4 Å². The summed E-state index contributed by atoms with van der Waals surface area (Å²) in [6, 6.07) is 4.02. The van der Waals surface area contributed by atoms with Gasteiger partial charge in [-0.1, -0.05) is 6.07 Å². The van der Waals surface area contributed by atoms with Crippen LogP contribution in [0.25, 0.3) is 6.08 Å². The van der Waals surface area contributed by atoms with Crippen molar-refractivity contribution in [2.45, 2.75) is 13.3 Å². The van der Waals surface area contributed by atoms with E-state index in [9.17, 15) is 4.79 Å². The first-order valence-corrected chi connectivity index (χ1v) is 5.12. The van der Waals surface area contributed by atoms with E-state index in [-0.39, 0.29) is 5.97 Å². The van der Waals surface area contributed by atoms with Crippen LogP contribution in [0.15, 0.2) is 17.7 Å². The number of hydrogen-bond donors (Lipinski definition) is 0. The van der Waals surface area contributed by atoms with E-state index in [4.69, 9.17) is 9.47 Å². The molecule has 3 heteroatoms. The highest BCUT2D eigenvalue weighted by Crippen LogP contribution is 2.31. The molecule has 0 saturated heterocycles. The van der Waals surface area contributed by atoms with Crippen LogP contribution < -0.4 is 4.74 Å². The van der Waals surface area contributed by atoms with Crippen molar-refractivity contribution < 1.29 is 14.3 Å². The first kappa shape index (κ1) is 10.7. The molecule has 0 fully saturated rings. The number of esters is 1. The molecule has 0 atom stereocenters. The van der Waals surface area contributed by atoms with E-state index in [1.807, 2.05) is 19.1 Å². The smallest absolute Gasteiger partial charge is 0.334 e. The summed E-state index contributed by atoms with van der Waals surface area (Å²) in [4.78, 5) is 11.4. The molecule has 1 aromatic rings. The normalized spacial score (nSPS) is 13.1. The predicted octanol–water partition coefficient (Wildman–Crippen LogP) is 2.12. The zero-order chi connectivity index (χ0) is 11.7. The maximum atomic E-state index is 11.4. The van der Waals surface area contributed by atoms with E-state index in [1.165, 1.54) is 7.11 Å². The minimum atomic E-state index is -0.257. The Morgan fingerprint density at radius 2 is 2.06 bits per heavy atom. The summed E-state index contributed by atoms with van der Waals surface area (Å²) >= 11 is 0. The van der Waals surface area contributed by atoms with Crippen LogP contribution in [0.4, 0.5) is 0 Å². The number of hydrogen-bond acceptors (Lipinski definition) is 3. The Labute approximate surface area is 94.7 Å². The summed E-state index contributed by atoms with van der Waals surface area (Å²) in [5.41, 5.74) is 3.98. The van der Waals surface area contributed by atoms with Gasteiger partial charge in [-0.05, 0) is 35.8 Å². The molecule has 0 unspecified atom stereocenters. The first-order valence-electron chi connectivity index (χ1n) is 5.12. The summed E-state index contributed by atoms with van der Waals surface area (Å²) in [6.45, 7) is 2.00. The molecule has 0 amide bonds. The van der Waals surface area contributed by atoms with Gasteiger partial charge in [0.15, 0.2) is 0 Å². The lowest BCUT2D eigenvalue weighted by atomic mass is 10.1. The van der Waals surface area contributed by atoms with Crippen LogP contribution in [0.3, 0.4) is 0 Å². The van der Waals surface area contributed by atoms with Gasteiger partial charge in [-0.25, -0.2) is 4.79 Å². The fourth-order valence-electron chi connectivity index (χ4n) is 1.98. The standard InChI is InChI=1S/C13H14O3/c1-8-4-9-5-11(13(14)16-3)6-10(9)7-12(8)15-2/h4,6-7H,5H2,1-3H3. The second-order valence-corrected chi connectivity index (χ2v) is 3.86. The zero-order valence-electron chi connectivity index (χ0n) is 9.66. The van der Waals surface area contributed by atoms with Gasteiger partial charge in [0.1, 0.15) is 5.75 Å². The summed E-state index contributed by atoms with van der Waals surface area (Å²) in [6.07, 6.45) is 2.51. The van der Waals surface area contributed by atoms with Crippen molar-refractivity contribution in [3.05, 3.63) is 34.4 Å². The third-order valence-corrected chi connectivity index (χ3v) is 2.81. The van der Waals surface area contributed by atoms with Crippen molar-refractivity contribution in [1.29, 1.82) is 0 Å². The average molecular weight is 218 g/mol. The van der Waals surface area contributed by atoms with Crippen molar-refractivity contribution in [2.24, 2.45) is 0 Å². The summed E-state index contributed by atoms with van der Waals surface area (Å²) < 4.78 is 9.96. The van der Waals surface area contributed by atoms with Crippen LogP contribution >= 0.6 is 0 Å². The molecular weight excluding hydrogens is 204 g/mol. The van der Waals surface area contributed by atoms with Crippen LogP contribution in [-0.4, -0.2) is 20.2 Å². The largest absolute Gasteiger partial charge is 0.496 e. The van der Waals surface area contributed by atoms with Crippen molar-refractivity contribution in [3.63, 3.8) is 0 Å². The van der Waals surface area contributed by atoms with Crippen LogP contribution in [0.5, 0.6) is 5.75 Å². The number of methoxy groups -OCH3 is 2. The van der Waals surface area contributed by atoms with Gasteiger partial charge >= 0.3 is 5.97 Å². The Morgan fingerprint density at radius 1 is 1.31 bits per heavy atom. The van der Waals surface area contributed by atoms with Crippen LogP contribution in [0, 0.1) is 6.92 Å². The number of carbonyl (C=O) groups is 1. The first-order chi connectivity index (χ1) is 7.65. The number of carbonyl (C=O) groups excluding carboxylic acids is 1. The molecule has 84 valence electrons. The monoisotopic (exact) mass is 218 g/mol. The van der Waals surface area contributed by atoms with Crippen LogP contribution in [-0.2, 0) is 16.0 Å². The van der Waals surface area contributed by atoms with E-state index >= 15 is 0 Å². The fraction of sp³-hybridized carbons (Fsp3) is 0.308. The number of rotatable bonds is 2. The fourth-order valence-corrected chi connectivity index (χ4v) is 1.98. The lowest BCUT2D eigenvalue weighted by Crippen LogP contribution is -2.04. The van der Waals surface area contributed by atoms with Crippen molar-refractivity contribution in [1.82, 2.24) is 0 Å². The zero-order valence-corrected chi connectivity index (χ0v) is 9.66. The summed E-state index contributed by atoms with van der Waals surface area (Å²) in [5, 5.41) is 0. The van der Waals surface area contributed by atoms with Crippen molar-refractivity contribution >= 4 is 12.0 Å².